The van der Waals surface area contributed by atoms with Gasteiger partial charge in [0.1, 0.15) is 0 Å². The highest BCUT2D eigenvalue weighted by molar-refractivity contribution is 9.10. The van der Waals surface area contributed by atoms with E-state index in [-0.39, 0.29) is 12.0 Å². The zero-order chi connectivity index (χ0) is 22.6. The van der Waals surface area contributed by atoms with Crippen molar-refractivity contribution in [3.63, 3.8) is 0 Å². The molecule has 4 atom stereocenters. The Morgan fingerprint density at radius 1 is 1.28 bits per heavy atom. The molecule has 5 nitrogen and oxygen atoms in total. The second-order valence-electron chi connectivity index (χ2n) is 9.31. The quantitative estimate of drug-likeness (QED) is 0.504. The molecule has 1 aromatic heterocycles. The number of nitrogens with zero attached hydrogens (tertiary/aromatic N) is 1. The van der Waals surface area contributed by atoms with E-state index in [1.165, 1.54) is 16.5 Å². The summed E-state index contributed by atoms with van der Waals surface area (Å²) in [5.74, 6) is -1.38. The number of halogens is 1. The Bertz CT molecular complexity index is 1220. The number of aromatic nitrogens is 1. The minimum atomic E-state index is -1.64. The Balaban J connectivity index is 1.59. The SMILES string of the molecule is CC(Cc1ccccc1)C(O)(C(N)=O)C1C=C2c3cccc4[nH]c(Br)c(c34)C[C@@H]2N(C)C1. The highest BCUT2D eigenvalue weighted by Crippen LogP contribution is 2.45. The number of hydrogen-bond acceptors (Lipinski definition) is 3. The molecule has 0 spiro atoms. The number of nitrogens with two attached hydrogens (primary N) is 1. The second-order valence-corrected chi connectivity index (χ2v) is 10.1. The van der Waals surface area contributed by atoms with Crippen LogP contribution in [0, 0.1) is 11.8 Å². The maximum Gasteiger partial charge on any atom is 0.250 e. The Hall–Kier alpha value is -2.41. The van der Waals surface area contributed by atoms with Gasteiger partial charge in [0.05, 0.1) is 4.60 Å². The number of H-pyrrole nitrogens is 1. The van der Waals surface area contributed by atoms with E-state index in [4.69, 9.17) is 5.73 Å². The van der Waals surface area contributed by atoms with Gasteiger partial charge in [-0.25, -0.2) is 0 Å². The monoisotopic (exact) mass is 493 g/mol. The van der Waals surface area contributed by atoms with Gasteiger partial charge >= 0.3 is 0 Å². The summed E-state index contributed by atoms with van der Waals surface area (Å²) in [7, 11) is 2.07. The van der Waals surface area contributed by atoms with Crippen molar-refractivity contribution >= 4 is 38.3 Å². The van der Waals surface area contributed by atoms with E-state index in [1.54, 1.807) is 0 Å². The molecule has 4 N–H and O–H groups in total. The molecule has 0 fully saturated rings. The summed E-state index contributed by atoms with van der Waals surface area (Å²) in [6, 6.07) is 16.4. The van der Waals surface area contributed by atoms with E-state index in [0.29, 0.717) is 13.0 Å². The minimum absolute atomic E-state index is 0.193. The Morgan fingerprint density at radius 2 is 2.03 bits per heavy atom. The Labute approximate surface area is 196 Å². The number of nitrogens with one attached hydrogen (secondary N) is 1. The Kier molecular flexibility index (Phi) is 5.27. The molecule has 3 unspecified atom stereocenters. The van der Waals surface area contributed by atoms with Crippen LogP contribution in [0.15, 0.2) is 59.2 Å². The van der Waals surface area contributed by atoms with Crippen LogP contribution in [0.2, 0.25) is 0 Å². The third-order valence-corrected chi connectivity index (χ3v) is 8.11. The van der Waals surface area contributed by atoms with Crippen molar-refractivity contribution in [2.45, 2.75) is 31.4 Å². The van der Waals surface area contributed by atoms with E-state index in [0.717, 1.165) is 27.7 Å². The zero-order valence-corrected chi connectivity index (χ0v) is 19.9. The number of benzene rings is 2. The van der Waals surface area contributed by atoms with Crippen molar-refractivity contribution in [2.24, 2.45) is 17.6 Å². The van der Waals surface area contributed by atoms with Crippen molar-refractivity contribution in [2.75, 3.05) is 13.6 Å². The number of likely N-dealkylation sites (N-methyl/N-ethyl adjacent to an activating group) is 1. The smallest absolute Gasteiger partial charge is 0.250 e. The summed E-state index contributed by atoms with van der Waals surface area (Å²) in [6.45, 7) is 2.49. The van der Waals surface area contributed by atoms with Gasteiger partial charge in [0.15, 0.2) is 5.60 Å². The molecule has 2 heterocycles. The number of hydrogen-bond donors (Lipinski definition) is 3. The van der Waals surface area contributed by atoms with Crippen molar-refractivity contribution in [3.05, 3.63) is 75.9 Å². The van der Waals surface area contributed by atoms with Gasteiger partial charge in [-0.05, 0) is 70.1 Å². The third-order valence-electron chi connectivity index (χ3n) is 7.44. The molecular formula is C26H28BrN3O2. The molecular weight excluding hydrogens is 466 g/mol. The maximum absolute atomic E-state index is 12.7. The second kappa shape index (κ2) is 7.87. The van der Waals surface area contributed by atoms with Gasteiger partial charge in [0, 0.05) is 29.4 Å². The van der Waals surface area contributed by atoms with E-state index >= 15 is 0 Å². The van der Waals surface area contributed by atoms with E-state index in [9.17, 15) is 9.90 Å². The van der Waals surface area contributed by atoms with Crippen LogP contribution >= 0.6 is 15.9 Å². The summed E-state index contributed by atoms with van der Waals surface area (Å²) >= 11 is 3.69. The first-order chi connectivity index (χ1) is 15.3. The first-order valence-corrected chi connectivity index (χ1v) is 11.9. The molecule has 0 radical (unpaired) electrons. The lowest BCUT2D eigenvalue weighted by molar-refractivity contribution is -0.148. The van der Waals surface area contributed by atoms with Crippen LogP contribution in [0.1, 0.15) is 23.6 Å². The largest absolute Gasteiger partial charge is 0.379 e. The average molecular weight is 494 g/mol. The molecule has 0 saturated carbocycles. The summed E-state index contributed by atoms with van der Waals surface area (Å²) < 4.78 is 1.03. The molecule has 166 valence electrons. The third kappa shape index (κ3) is 3.24. The van der Waals surface area contributed by atoms with Gasteiger partial charge in [-0.2, -0.15) is 0 Å². The first kappa shape index (κ1) is 21.4. The average Bonchev–Trinajstić information content (AvgIpc) is 3.10. The molecule has 3 aromatic rings. The topological polar surface area (TPSA) is 82.3 Å². The number of rotatable bonds is 5. The molecule has 1 aliphatic heterocycles. The predicted octanol–water partition coefficient (Wildman–Crippen LogP) is 3.90. The van der Waals surface area contributed by atoms with Crippen LogP contribution in [-0.2, 0) is 17.6 Å². The summed E-state index contributed by atoms with van der Waals surface area (Å²) in [6.07, 6.45) is 3.58. The predicted molar refractivity (Wildman–Crippen MR) is 131 cm³/mol. The lowest BCUT2D eigenvalue weighted by atomic mass is 9.70. The summed E-state index contributed by atoms with van der Waals surface area (Å²) in [4.78, 5) is 18.4. The van der Waals surface area contributed by atoms with Crippen molar-refractivity contribution in [3.8, 4) is 0 Å². The van der Waals surface area contributed by atoms with E-state index in [2.05, 4.69) is 57.1 Å². The van der Waals surface area contributed by atoms with Crippen molar-refractivity contribution in [1.29, 1.82) is 0 Å². The standard InChI is InChI=1S/C26H28BrN3O2/c1-15(11-16-7-4-3-5-8-16)26(32,25(28)31)17-12-19-18-9-6-10-21-23(18)20(24(27)29-21)13-22(19)30(2)14-17/h3-10,12,15,17,22,29,32H,11,13-14H2,1-2H3,(H2,28,31)/t15?,17?,22-,26?/m0/s1. The molecule has 0 bridgehead atoms. The number of carbonyl (C=O) groups is 1. The molecule has 5 rings (SSSR count). The normalized spacial score (nSPS) is 23.3. The fourth-order valence-electron chi connectivity index (χ4n) is 5.68. The molecule has 0 saturated heterocycles. The number of carbonyl (C=O) groups excluding carboxylic acids is 1. The molecule has 32 heavy (non-hydrogen) atoms. The maximum atomic E-state index is 12.7. The van der Waals surface area contributed by atoms with Gasteiger partial charge in [-0.1, -0.05) is 55.5 Å². The highest BCUT2D eigenvalue weighted by Gasteiger charge is 2.49. The van der Waals surface area contributed by atoms with Crippen molar-refractivity contribution < 1.29 is 9.90 Å². The van der Waals surface area contributed by atoms with Crippen LogP contribution in [0.5, 0.6) is 0 Å². The van der Waals surface area contributed by atoms with Gasteiger partial charge < -0.3 is 15.8 Å². The van der Waals surface area contributed by atoms with Crippen LogP contribution in [0.25, 0.3) is 16.5 Å². The van der Waals surface area contributed by atoms with Crippen LogP contribution in [-0.4, -0.2) is 46.1 Å². The minimum Gasteiger partial charge on any atom is -0.379 e. The fourth-order valence-corrected chi connectivity index (χ4v) is 6.26. The molecule has 2 aromatic carbocycles. The van der Waals surface area contributed by atoms with Gasteiger partial charge in [-0.3, -0.25) is 9.69 Å². The van der Waals surface area contributed by atoms with Crippen LogP contribution < -0.4 is 5.73 Å². The fraction of sp³-hybridized carbons (Fsp3) is 0.346. The van der Waals surface area contributed by atoms with Crippen molar-refractivity contribution in [1.82, 2.24) is 9.88 Å². The first-order valence-electron chi connectivity index (χ1n) is 11.1. The lowest BCUT2D eigenvalue weighted by Gasteiger charge is -2.45. The van der Waals surface area contributed by atoms with E-state index in [1.807, 2.05) is 37.3 Å². The number of fused-ring (bicyclic) bond motifs is 2. The number of amides is 1. The number of aromatic amines is 1. The summed E-state index contributed by atoms with van der Waals surface area (Å²) in [5.41, 5.74) is 10.0. The molecule has 6 heteroatoms. The van der Waals surface area contributed by atoms with Crippen LogP contribution in [0.3, 0.4) is 0 Å². The Morgan fingerprint density at radius 3 is 2.75 bits per heavy atom. The zero-order valence-electron chi connectivity index (χ0n) is 18.3. The number of primary amides is 1. The molecule has 1 aliphatic carbocycles. The summed E-state index contributed by atoms with van der Waals surface area (Å²) in [5, 5.41) is 13.0. The van der Waals surface area contributed by atoms with E-state index < -0.39 is 17.4 Å². The lowest BCUT2D eigenvalue weighted by Crippen LogP contribution is -2.59. The molecule has 2 aliphatic rings. The van der Waals surface area contributed by atoms with Crippen LogP contribution in [0.4, 0.5) is 0 Å². The van der Waals surface area contributed by atoms with Gasteiger partial charge in [-0.15, -0.1) is 0 Å². The molecule has 1 amide bonds. The highest BCUT2D eigenvalue weighted by atomic mass is 79.9. The number of aliphatic hydroxyl groups is 1. The van der Waals surface area contributed by atoms with Gasteiger partial charge in [0.25, 0.3) is 0 Å². The van der Waals surface area contributed by atoms with Gasteiger partial charge in [0.2, 0.25) is 5.91 Å².